The van der Waals surface area contributed by atoms with E-state index in [0.29, 0.717) is 12.2 Å². The number of carbonyl (C=O) groups is 1. The molecule has 8 heteroatoms. The summed E-state index contributed by atoms with van der Waals surface area (Å²) in [6.07, 6.45) is 0.880. The Morgan fingerprint density at radius 1 is 1.23 bits per heavy atom. The zero-order chi connectivity index (χ0) is 22.0. The molecule has 31 heavy (non-hydrogen) atoms. The number of hydrogen-bond acceptors (Lipinski definition) is 6. The molecule has 3 aromatic rings. The predicted octanol–water partition coefficient (Wildman–Crippen LogP) is 4.06. The van der Waals surface area contributed by atoms with Crippen LogP contribution in [0.25, 0.3) is 10.2 Å². The highest BCUT2D eigenvalue weighted by molar-refractivity contribution is 7.22. The molecule has 166 valence electrons. The fourth-order valence-corrected chi connectivity index (χ4v) is 5.04. The second kappa shape index (κ2) is 9.46. The summed E-state index contributed by atoms with van der Waals surface area (Å²) in [7, 11) is 0. The van der Waals surface area contributed by atoms with Gasteiger partial charge in [-0.2, -0.15) is 5.10 Å². The summed E-state index contributed by atoms with van der Waals surface area (Å²) in [6, 6.07) is 8.31. The normalized spacial score (nSPS) is 15.1. The maximum atomic E-state index is 13.5. The Hall–Kier alpha value is -2.29. The number of hydrogen-bond donors (Lipinski definition) is 0. The molecule has 0 saturated carbocycles. The molecule has 1 aliphatic heterocycles. The number of fused-ring (bicyclic) bond motifs is 1. The molecule has 0 radical (unpaired) electrons. The Bertz CT molecular complexity index is 1050. The summed E-state index contributed by atoms with van der Waals surface area (Å²) < 4.78 is 8.45. The Balaban J connectivity index is 1.59. The number of amides is 1. The van der Waals surface area contributed by atoms with Gasteiger partial charge in [0, 0.05) is 37.9 Å². The van der Waals surface area contributed by atoms with Gasteiger partial charge in [-0.15, -0.1) is 0 Å². The van der Waals surface area contributed by atoms with E-state index in [4.69, 9.17) is 9.72 Å². The molecule has 3 heterocycles. The smallest absolute Gasteiger partial charge is 0.280 e. The van der Waals surface area contributed by atoms with Crippen LogP contribution in [0.4, 0.5) is 5.13 Å². The van der Waals surface area contributed by atoms with Crippen molar-refractivity contribution in [1.29, 1.82) is 0 Å². The first-order valence-corrected chi connectivity index (χ1v) is 11.8. The summed E-state index contributed by atoms with van der Waals surface area (Å²) in [5.74, 6) is -0.0831. The second-order valence-electron chi connectivity index (χ2n) is 8.44. The molecule has 0 unspecified atom stereocenters. The number of nitrogens with zero attached hydrogens (tertiary/aromatic N) is 5. The third kappa shape index (κ3) is 4.97. The van der Waals surface area contributed by atoms with E-state index in [1.807, 2.05) is 28.6 Å². The van der Waals surface area contributed by atoms with Crippen molar-refractivity contribution in [3.05, 3.63) is 41.2 Å². The number of aromatic nitrogens is 3. The molecule has 1 fully saturated rings. The SMILES string of the molecule is Cc1ccc2nc(N(CCCN3CCOCC3)C(=O)c3cc(C)n(C(C)C)n3)sc2c1. The van der Waals surface area contributed by atoms with Gasteiger partial charge in [0.2, 0.25) is 0 Å². The van der Waals surface area contributed by atoms with Crippen LogP contribution in [0.1, 0.15) is 48.1 Å². The van der Waals surface area contributed by atoms with E-state index < -0.39 is 0 Å². The molecular weight excluding hydrogens is 410 g/mol. The van der Waals surface area contributed by atoms with Crippen molar-refractivity contribution in [2.75, 3.05) is 44.3 Å². The lowest BCUT2D eigenvalue weighted by Gasteiger charge is -2.27. The van der Waals surface area contributed by atoms with E-state index in [-0.39, 0.29) is 11.9 Å². The van der Waals surface area contributed by atoms with Gasteiger partial charge in [-0.3, -0.25) is 19.3 Å². The number of morpholine rings is 1. The van der Waals surface area contributed by atoms with Gasteiger partial charge in [-0.1, -0.05) is 17.4 Å². The number of ether oxygens (including phenoxy) is 1. The highest BCUT2D eigenvalue weighted by Gasteiger charge is 2.25. The van der Waals surface area contributed by atoms with E-state index in [0.717, 1.165) is 60.3 Å². The van der Waals surface area contributed by atoms with Crippen LogP contribution in [-0.4, -0.2) is 65.0 Å². The largest absolute Gasteiger partial charge is 0.379 e. The summed E-state index contributed by atoms with van der Waals surface area (Å²) in [4.78, 5) is 22.5. The fraction of sp³-hybridized carbons (Fsp3) is 0.522. The molecule has 0 bridgehead atoms. The molecule has 2 aromatic heterocycles. The summed E-state index contributed by atoms with van der Waals surface area (Å²) >= 11 is 1.57. The van der Waals surface area contributed by atoms with E-state index in [2.05, 4.69) is 42.9 Å². The predicted molar refractivity (Wildman–Crippen MR) is 125 cm³/mol. The molecule has 0 N–H and O–H groups in total. The average Bonchev–Trinajstić information content (AvgIpc) is 3.34. The lowest BCUT2D eigenvalue weighted by molar-refractivity contribution is 0.0376. The molecule has 4 rings (SSSR count). The first kappa shape index (κ1) is 21.9. The number of benzene rings is 1. The third-order valence-corrected chi connectivity index (χ3v) is 6.64. The van der Waals surface area contributed by atoms with Crippen LogP contribution in [-0.2, 0) is 4.74 Å². The Labute approximate surface area is 187 Å². The lowest BCUT2D eigenvalue weighted by atomic mass is 10.2. The standard InChI is InChI=1S/C23H31N5O2S/c1-16(2)28-18(4)15-20(25-28)22(29)27(9-5-8-26-10-12-30-13-11-26)23-24-19-7-6-17(3)14-21(19)31-23/h6-7,14-16H,5,8-13H2,1-4H3. The average molecular weight is 442 g/mol. The molecule has 7 nitrogen and oxygen atoms in total. The highest BCUT2D eigenvalue weighted by Crippen LogP contribution is 2.30. The van der Waals surface area contributed by atoms with Gasteiger partial charge >= 0.3 is 0 Å². The molecule has 1 saturated heterocycles. The van der Waals surface area contributed by atoms with Crippen LogP contribution >= 0.6 is 11.3 Å². The Morgan fingerprint density at radius 2 is 2.00 bits per heavy atom. The minimum absolute atomic E-state index is 0.0831. The maximum absolute atomic E-state index is 13.5. The van der Waals surface area contributed by atoms with Crippen molar-refractivity contribution in [2.24, 2.45) is 0 Å². The van der Waals surface area contributed by atoms with Gasteiger partial charge in [0.15, 0.2) is 10.8 Å². The minimum atomic E-state index is -0.0831. The number of thiazole rings is 1. The van der Waals surface area contributed by atoms with Crippen LogP contribution in [0.2, 0.25) is 0 Å². The highest BCUT2D eigenvalue weighted by atomic mass is 32.1. The number of anilines is 1. The molecule has 1 aliphatic rings. The van der Waals surface area contributed by atoms with E-state index in [1.165, 1.54) is 5.56 Å². The van der Waals surface area contributed by atoms with Crippen LogP contribution in [0.5, 0.6) is 0 Å². The number of carbonyl (C=O) groups excluding carboxylic acids is 1. The topological polar surface area (TPSA) is 63.5 Å². The van der Waals surface area contributed by atoms with Crippen LogP contribution in [0, 0.1) is 13.8 Å². The zero-order valence-electron chi connectivity index (χ0n) is 18.8. The molecule has 0 aliphatic carbocycles. The van der Waals surface area contributed by atoms with E-state index in [9.17, 15) is 4.79 Å². The molecule has 1 amide bonds. The van der Waals surface area contributed by atoms with Crippen LogP contribution in [0.15, 0.2) is 24.3 Å². The first-order chi connectivity index (χ1) is 14.9. The van der Waals surface area contributed by atoms with Gasteiger partial charge < -0.3 is 4.74 Å². The number of rotatable bonds is 7. The fourth-order valence-electron chi connectivity index (χ4n) is 3.95. The Kier molecular flexibility index (Phi) is 6.69. The van der Waals surface area contributed by atoms with Crippen molar-refractivity contribution in [3.8, 4) is 0 Å². The van der Waals surface area contributed by atoms with Crippen molar-refractivity contribution < 1.29 is 9.53 Å². The first-order valence-electron chi connectivity index (χ1n) is 11.0. The van der Waals surface area contributed by atoms with Crippen molar-refractivity contribution >= 4 is 32.6 Å². The summed E-state index contributed by atoms with van der Waals surface area (Å²) in [5, 5.41) is 5.34. The molecule has 0 atom stereocenters. The minimum Gasteiger partial charge on any atom is -0.379 e. The monoisotopic (exact) mass is 441 g/mol. The maximum Gasteiger partial charge on any atom is 0.280 e. The molecule has 1 aromatic carbocycles. The molecule has 0 spiro atoms. The van der Waals surface area contributed by atoms with Crippen molar-refractivity contribution in [3.63, 3.8) is 0 Å². The van der Waals surface area contributed by atoms with Gasteiger partial charge in [-0.25, -0.2) is 4.98 Å². The lowest BCUT2D eigenvalue weighted by Crippen LogP contribution is -2.39. The van der Waals surface area contributed by atoms with Gasteiger partial charge in [0.05, 0.1) is 23.4 Å². The summed E-state index contributed by atoms with van der Waals surface area (Å²) in [5.41, 5.74) is 3.60. The van der Waals surface area contributed by atoms with E-state index in [1.54, 1.807) is 11.3 Å². The molecular formula is C23H31N5O2S. The third-order valence-electron chi connectivity index (χ3n) is 5.60. The van der Waals surface area contributed by atoms with Crippen molar-refractivity contribution in [1.82, 2.24) is 19.7 Å². The zero-order valence-corrected chi connectivity index (χ0v) is 19.6. The quantitative estimate of drug-likeness (QED) is 0.553. The Morgan fingerprint density at radius 3 is 2.71 bits per heavy atom. The summed E-state index contributed by atoms with van der Waals surface area (Å²) in [6.45, 7) is 13.2. The van der Waals surface area contributed by atoms with Crippen molar-refractivity contribution in [2.45, 2.75) is 40.2 Å². The van der Waals surface area contributed by atoms with E-state index >= 15 is 0 Å². The van der Waals surface area contributed by atoms with Gasteiger partial charge in [-0.05, 0) is 57.9 Å². The van der Waals surface area contributed by atoms with Crippen LogP contribution < -0.4 is 4.90 Å². The van der Waals surface area contributed by atoms with Gasteiger partial charge in [0.25, 0.3) is 5.91 Å². The van der Waals surface area contributed by atoms with Crippen LogP contribution in [0.3, 0.4) is 0 Å². The number of aryl methyl sites for hydroxylation is 2. The van der Waals surface area contributed by atoms with Gasteiger partial charge in [0.1, 0.15) is 0 Å². The second-order valence-corrected chi connectivity index (χ2v) is 9.45.